The molecule has 1 fully saturated rings. The number of nitrogens with one attached hydrogen (secondary N) is 1. The molecule has 102 valence electrons. The summed E-state index contributed by atoms with van der Waals surface area (Å²) in [6, 6.07) is 0. The molecule has 2 aromatic rings. The maximum Gasteiger partial charge on any atom is 0.200 e. The zero-order valence-corrected chi connectivity index (χ0v) is 10.6. The average Bonchev–Trinajstić information content (AvgIpc) is 2.92. The van der Waals surface area contributed by atoms with E-state index >= 15 is 0 Å². The minimum Gasteiger partial charge on any atom is -0.394 e. The van der Waals surface area contributed by atoms with Crippen molar-refractivity contribution in [1.29, 1.82) is 0 Å². The van der Waals surface area contributed by atoms with Crippen LogP contribution in [0, 0.1) is 4.64 Å². The first kappa shape index (κ1) is 12.5. The monoisotopic (exact) mass is 285 g/mol. The highest BCUT2D eigenvalue weighted by Gasteiger charge is 2.37. The highest BCUT2D eigenvalue weighted by molar-refractivity contribution is 7.71. The van der Waals surface area contributed by atoms with Crippen LogP contribution in [0.4, 0.5) is 10.3 Å². The van der Waals surface area contributed by atoms with Gasteiger partial charge in [-0.3, -0.25) is 4.57 Å². The number of anilines is 1. The summed E-state index contributed by atoms with van der Waals surface area (Å²) in [7, 11) is 0. The number of ether oxygens (including phenoxy) is 1. The molecule has 4 N–H and O–H groups in total. The molecule has 9 heteroatoms. The second-order valence-electron chi connectivity index (χ2n) is 4.36. The van der Waals surface area contributed by atoms with Gasteiger partial charge in [-0.1, -0.05) is 12.2 Å². The molecule has 19 heavy (non-hydrogen) atoms. The summed E-state index contributed by atoms with van der Waals surface area (Å²) in [6.45, 7) is -0.219. The Morgan fingerprint density at radius 1 is 1.68 bits per heavy atom. The van der Waals surface area contributed by atoms with Crippen LogP contribution in [0.15, 0.2) is 6.33 Å². The lowest BCUT2D eigenvalue weighted by atomic mass is 10.2. The number of H-pyrrole nitrogens is 1. The number of aromatic amines is 1. The quantitative estimate of drug-likeness (QED) is 0.702. The number of halogens is 1. The molecule has 1 aliphatic heterocycles. The average molecular weight is 285 g/mol. The van der Waals surface area contributed by atoms with Crippen molar-refractivity contribution in [3.05, 3.63) is 11.0 Å². The summed E-state index contributed by atoms with van der Waals surface area (Å²) in [5.41, 5.74) is 6.49. The minimum atomic E-state index is -1.23. The molecule has 0 aliphatic carbocycles. The molecular weight excluding hydrogens is 273 g/mol. The number of nitrogens with two attached hydrogens (primary N) is 1. The Balaban J connectivity index is 2.09. The van der Waals surface area contributed by atoms with Crippen LogP contribution in [0.3, 0.4) is 0 Å². The Labute approximate surface area is 112 Å². The fourth-order valence-corrected chi connectivity index (χ4v) is 2.46. The van der Waals surface area contributed by atoms with Crippen molar-refractivity contribution in [2.24, 2.45) is 0 Å². The van der Waals surface area contributed by atoms with Crippen LogP contribution in [0.25, 0.3) is 11.2 Å². The van der Waals surface area contributed by atoms with E-state index in [1.165, 1.54) is 10.9 Å². The molecule has 7 nitrogen and oxygen atoms in total. The smallest absolute Gasteiger partial charge is 0.200 e. The second-order valence-corrected chi connectivity index (χ2v) is 4.75. The fraction of sp³-hybridized carbons (Fsp3) is 0.500. The number of nitrogens with zero attached hydrogens (tertiary/aromatic N) is 3. The predicted octanol–water partition coefficient (Wildman–Crippen LogP) is 0.689. The van der Waals surface area contributed by atoms with Crippen molar-refractivity contribution >= 4 is 29.3 Å². The lowest BCUT2D eigenvalue weighted by Crippen LogP contribution is -2.17. The van der Waals surface area contributed by atoms with E-state index in [4.69, 9.17) is 27.8 Å². The van der Waals surface area contributed by atoms with Crippen molar-refractivity contribution in [3.8, 4) is 0 Å². The first-order chi connectivity index (χ1) is 9.10. The molecule has 0 amide bonds. The topological polar surface area (TPSA) is 102 Å². The fourth-order valence-electron chi connectivity index (χ4n) is 2.21. The van der Waals surface area contributed by atoms with Gasteiger partial charge in [-0.15, -0.1) is 0 Å². The molecule has 1 aliphatic rings. The Kier molecular flexibility index (Phi) is 2.96. The third-order valence-electron chi connectivity index (χ3n) is 3.07. The van der Waals surface area contributed by atoms with Crippen molar-refractivity contribution < 1.29 is 14.2 Å². The molecule has 3 heterocycles. The number of fused-ring (bicyclic) bond motifs is 1. The zero-order valence-electron chi connectivity index (χ0n) is 9.78. The van der Waals surface area contributed by atoms with Gasteiger partial charge in [-0.05, 0) is 0 Å². The number of hydrogen-bond acceptors (Lipinski definition) is 6. The van der Waals surface area contributed by atoms with Gasteiger partial charge in [-0.2, -0.15) is 0 Å². The normalized spacial score (nSPS) is 27.2. The largest absolute Gasteiger partial charge is 0.394 e. The summed E-state index contributed by atoms with van der Waals surface area (Å²) >= 11 is 5.04. The van der Waals surface area contributed by atoms with Gasteiger partial charge in [0.25, 0.3) is 0 Å². The van der Waals surface area contributed by atoms with E-state index in [9.17, 15) is 4.39 Å². The Bertz CT molecular complexity index is 671. The Morgan fingerprint density at radius 3 is 3.16 bits per heavy atom. The molecule has 0 radical (unpaired) electrons. The highest BCUT2D eigenvalue weighted by Crippen LogP contribution is 2.33. The molecule has 0 spiro atoms. The van der Waals surface area contributed by atoms with Gasteiger partial charge in [0, 0.05) is 6.42 Å². The van der Waals surface area contributed by atoms with Crippen LogP contribution >= 0.6 is 12.2 Å². The van der Waals surface area contributed by atoms with Gasteiger partial charge in [0.15, 0.2) is 16.8 Å². The van der Waals surface area contributed by atoms with Gasteiger partial charge >= 0.3 is 0 Å². The first-order valence-electron chi connectivity index (χ1n) is 5.73. The van der Waals surface area contributed by atoms with E-state index in [-0.39, 0.29) is 23.6 Å². The number of alkyl halides is 1. The van der Waals surface area contributed by atoms with Crippen LogP contribution < -0.4 is 5.73 Å². The summed E-state index contributed by atoms with van der Waals surface area (Å²) in [6.07, 6.45) is -1.03. The molecule has 3 atom stereocenters. The molecule has 0 unspecified atom stereocenters. The number of hydrogen-bond donors (Lipinski definition) is 3. The van der Waals surface area contributed by atoms with E-state index in [0.29, 0.717) is 11.2 Å². The van der Waals surface area contributed by atoms with E-state index in [2.05, 4.69) is 15.0 Å². The maximum absolute atomic E-state index is 13.9. The predicted molar refractivity (Wildman–Crippen MR) is 67.6 cm³/mol. The lowest BCUT2D eigenvalue weighted by molar-refractivity contribution is -0.0351. The molecule has 2 aromatic heterocycles. The highest BCUT2D eigenvalue weighted by atomic mass is 32.1. The molecule has 0 bridgehead atoms. The molecule has 0 aromatic carbocycles. The number of nitrogen functional groups attached to an aromatic ring is 1. The summed E-state index contributed by atoms with van der Waals surface area (Å²) in [4.78, 5) is 10.8. The van der Waals surface area contributed by atoms with Gasteiger partial charge in [-0.25, -0.2) is 14.4 Å². The van der Waals surface area contributed by atoms with Crippen LogP contribution in [-0.4, -0.2) is 43.5 Å². The minimum absolute atomic E-state index is 0.131. The molecular formula is C10H12FN5O2S. The molecule has 0 saturated carbocycles. The van der Waals surface area contributed by atoms with Crippen LogP contribution in [0.2, 0.25) is 0 Å². The van der Waals surface area contributed by atoms with Crippen molar-refractivity contribution in [2.75, 3.05) is 12.3 Å². The number of aliphatic hydroxyl groups excluding tert-OH is 1. The Morgan fingerprint density at radius 2 is 2.47 bits per heavy atom. The Hall–Kier alpha value is -1.58. The van der Waals surface area contributed by atoms with E-state index in [1.807, 2.05) is 0 Å². The van der Waals surface area contributed by atoms with Crippen molar-refractivity contribution in [2.45, 2.75) is 24.9 Å². The van der Waals surface area contributed by atoms with Crippen LogP contribution in [0.1, 0.15) is 12.6 Å². The standard InChI is InChI=1S/C10H12FN5O2S/c11-5-1-4(2-17)18-9(5)16-3-13-6-7(16)14-10(12)15-8(6)19/h3-5,9,17H,1-2H2,(H3,12,14,15,19)/t4-,5+,9+/m0/s1. The lowest BCUT2D eigenvalue weighted by Gasteiger charge is -2.15. The third kappa shape index (κ3) is 1.99. The number of aromatic nitrogens is 4. The summed E-state index contributed by atoms with van der Waals surface area (Å²) in [5.74, 6) is 0.131. The van der Waals surface area contributed by atoms with Crippen molar-refractivity contribution in [1.82, 2.24) is 19.5 Å². The maximum atomic E-state index is 13.9. The van der Waals surface area contributed by atoms with Crippen LogP contribution in [-0.2, 0) is 4.74 Å². The third-order valence-corrected chi connectivity index (χ3v) is 3.36. The van der Waals surface area contributed by atoms with Crippen molar-refractivity contribution in [3.63, 3.8) is 0 Å². The first-order valence-corrected chi connectivity index (χ1v) is 6.13. The van der Waals surface area contributed by atoms with E-state index < -0.39 is 18.5 Å². The molecule has 1 saturated heterocycles. The molecule has 3 rings (SSSR count). The van der Waals surface area contributed by atoms with Crippen LogP contribution in [0.5, 0.6) is 0 Å². The van der Waals surface area contributed by atoms with E-state index in [0.717, 1.165) is 0 Å². The number of aliphatic hydroxyl groups is 1. The van der Waals surface area contributed by atoms with Gasteiger partial charge in [0.1, 0.15) is 17.3 Å². The van der Waals surface area contributed by atoms with Gasteiger partial charge in [0.05, 0.1) is 19.0 Å². The van der Waals surface area contributed by atoms with Gasteiger partial charge in [0.2, 0.25) is 0 Å². The number of imidazole rings is 1. The SMILES string of the molecule is Nc1nc(=S)c2ncn([C@@H]3O[C@H](CO)C[C@H]3F)c2[nH]1. The number of rotatable bonds is 2. The summed E-state index contributed by atoms with van der Waals surface area (Å²) in [5, 5.41) is 9.03. The van der Waals surface area contributed by atoms with Gasteiger partial charge < -0.3 is 20.6 Å². The second kappa shape index (κ2) is 4.51. The zero-order chi connectivity index (χ0) is 13.6. The van der Waals surface area contributed by atoms with E-state index in [1.54, 1.807) is 0 Å². The summed E-state index contributed by atoms with van der Waals surface area (Å²) < 4.78 is 21.1.